The molecule has 0 saturated heterocycles. The number of nitrogens with one attached hydrogen (secondary N) is 2. The Morgan fingerprint density at radius 1 is 0.921 bits per heavy atom. The van der Waals surface area contributed by atoms with Crippen LogP contribution in [0.4, 0.5) is 13.2 Å². The van der Waals surface area contributed by atoms with Gasteiger partial charge in [0, 0.05) is 29.2 Å². The zero-order chi connectivity index (χ0) is 26.7. The van der Waals surface area contributed by atoms with Crippen molar-refractivity contribution in [2.24, 2.45) is 0 Å². The average molecular weight is 537 g/mol. The number of nitrogens with zero attached hydrogens (tertiary/aromatic N) is 2. The maximum atomic E-state index is 14.1. The number of fused-ring (bicyclic) bond motifs is 1. The van der Waals surface area contributed by atoms with Gasteiger partial charge in [0.05, 0.1) is 17.8 Å². The lowest BCUT2D eigenvalue weighted by atomic mass is 9.98. The molecule has 2 N–H and O–H groups in total. The second-order valence-electron chi connectivity index (χ2n) is 9.12. The molecule has 5 nitrogen and oxygen atoms in total. The van der Waals surface area contributed by atoms with Gasteiger partial charge in [-0.25, -0.2) is 0 Å². The van der Waals surface area contributed by atoms with Gasteiger partial charge in [-0.1, -0.05) is 66.2 Å². The molecule has 9 heteroatoms. The summed E-state index contributed by atoms with van der Waals surface area (Å²) in [5, 5.41) is 10.8. The van der Waals surface area contributed by atoms with Crippen molar-refractivity contribution in [1.82, 2.24) is 20.1 Å². The topological polar surface area (TPSA) is 62.7 Å². The highest BCUT2D eigenvalue weighted by Crippen LogP contribution is 2.34. The molecule has 0 bridgehead atoms. The highest BCUT2D eigenvalue weighted by molar-refractivity contribution is 6.31. The van der Waals surface area contributed by atoms with Gasteiger partial charge in [-0.2, -0.15) is 18.3 Å². The first-order valence-electron chi connectivity index (χ1n) is 12.0. The molecule has 0 aliphatic rings. The van der Waals surface area contributed by atoms with Crippen LogP contribution in [-0.2, 0) is 19.5 Å². The molecule has 5 aromatic rings. The fourth-order valence-electron chi connectivity index (χ4n) is 4.47. The summed E-state index contributed by atoms with van der Waals surface area (Å²) in [5.74, 6) is 0. The van der Waals surface area contributed by atoms with Crippen LogP contribution in [0.2, 0.25) is 5.02 Å². The van der Waals surface area contributed by atoms with Crippen molar-refractivity contribution in [3.8, 4) is 0 Å². The Hall–Kier alpha value is -3.88. The van der Waals surface area contributed by atoms with Crippen LogP contribution in [0.25, 0.3) is 10.9 Å². The van der Waals surface area contributed by atoms with E-state index < -0.39 is 12.2 Å². The van der Waals surface area contributed by atoms with E-state index in [-0.39, 0.29) is 17.7 Å². The van der Waals surface area contributed by atoms with E-state index in [9.17, 15) is 18.0 Å². The maximum Gasteiger partial charge on any atom is 0.407 e. The number of hydrogen-bond donors (Lipinski definition) is 2. The van der Waals surface area contributed by atoms with Crippen LogP contribution in [0.3, 0.4) is 0 Å². The van der Waals surface area contributed by atoms with Gasteiger partial charge in [-0.3, -0.25) is 15.2 Å². The molecule has 3 aromatic carbocycles. The number of rotatable bonds is 8. The van der Waals surface area contributed by atoms with Gasteiger partial charge in [-0.15, -0.1) is 0 Å². The lowest BCUT2D eigenvalue weighted by Crippen LogP contribution is -2.34. The smallest absolute Gasteiger partial charge is 0.311 e. The highest BCUT2D eigenvalue weighted by atomic mass is 35.5. The molecule has 0 saturated carbocycles. The summed E-state index contributed by atoms with van der Waals surface area (Å²) in [6, 6.07) is 22.5. The number of halogens is 4. The predicted molar refractivity (Wildman–Crippen MR) is 142 cm³/mol. The van der Waals surface area contributed by atoms with Crippen molar-refractivity contribution in [3.05, 3.63) is 134 Å². The molecule has 0 fully saturated rings. The summed E-state index contributed by atoms with van der Waals surface area (Å²) in [6.45, 7) is 0.392. The van der Waals surface area contributed by atoms with Crippen LogP contribution in [0.15, 0.2) is 95.9 Å². The molecule has 38 heavy (non-hydrogen) atoms. The third-order valence-electron chi connectivity index (χ3n) is 6.37. The van der Waals surface area contributed by atoms with E-state index in [1.54, 1.807) is 53.2 Å². The molecule has 0 aliphatic carbocycles. The van der Waals surface area contributed by atoms with Crippen molar-refractivity contribution < 1.29 is 13.2 Å². The SMILES string of the molecule is O=c1ccccn1Cc1ccc(Cc2cccc(C(NCc3[nH]nc4ccc(Cl)cc34)C(F)(F)F)c2)cc1. The third-order valence-corrected chi connectivity index (χ3v) is 6.61. The van der Waals surface area contributed by atoms with Crippen LogP contribution < -0.4 is 10.9 Å². The number of hydrogen-bond acceptors (Lipinski definition) is 3. The maximum absolute atomic E-state index is 14.1. The quantitative estimate of drug-likeness (QED) is 0.241. The Labute approximate surface area is 221 Å². The molecular weight excluding hydrogens is 513 g/mol. The van der Waals surface area contributed by atoms with Crippen molar-refractivity contribution in [3.63, 3.8) is 0 Å². The lowest BCUT2D eigenvalue weighted by molar-refractivity contribution is -0.158. The lowest BCUT2D eigenvalue weighted by Gasteiger charge is -2.22. The minimum Gasteiger partial charge on any atom is -0.311 e. The molecular formula is C29H24ClF3N4O. The van der Waals surface area contributed by atoms with Crippen LogP contribution in [0.5, 0.6) is 0 Å². The first-order valence-corrected chi connectivity index (χ1v) is 12.4. The Morgan fingerprint density at radius 3 is 2.47 bits per heavy atom. The molecule has 1 unspecified atom stereocenters. The van der Waals surface area contributed by atoms with Gasteiger partial charge < -0.3 is 4.57 Å². The highest BCUT2D eigenvalue weighted by Gasteiger charge is 2.40. The number of aromatic nitrogens is 3. The van der Waals surface area contributed by atoms with Crippen molar-refractivity contribution in [2.45, 2.75) is 31.7 Å². The summed E-state index contributed by atoms with van der Waals surface area (Å²) in [7, 11) is 0. The largest absolute Gasteiger partial charge is 0.407 e. The van der Waals surface area contributed by atoms with Crippen LogP contribution in [0.1, 0.15) is 34.0 Å². The minimum absolute atomic E-state index is 0.0583. The third kappa shape index (κ3) is 5.98. The van der Waals surface area contributed by atoms with Gasteiger partial charge in [-0.05, 0) is 52.9 Å². The van der Waals surface area contributed by atoms with E-state index in [4.69, 9.17) is 11.6 Å². The van der Waals surface area contributed by atoms with E-state index >= 15 is 0 Å². The van der Waals surface area contributed by atoms with Gasteiger partial charge in [0.2, 0.25) is 0 Å². The molecule has 194 valence electrons. The summed E-state index contributed by atoms with van der Waals surface area (Å²) < 4.78 is 43.9. The molecule has 0 radical (unpaired) electrons. The number of aromatic amines is 1. The number of pyridine rings is 1. The summed E-state index contributed by atoms with van der Waals surface area (Å²) >= 11 is 6.06. The average Bonchev–Trinajstić information content (AvgIpc) is 3.28. The van der Waals surface area contributed by atoms with Gasteiger partial charge in [0.15, 0.2) is 0 Å². The van der Waals surface area contributed by atoms with Crippen molar-refractivity contribution in [1.29, 1.82) is 0 Å². The molecule has 0 spiro atoms. The number of H-pyrrole nitrogens is 1. The van der Waals surface area contributed by atoms with Gasteiger partial charge in [0.25, 0.3) is 5.56 Å². The van der Waals surface area contributed by atoms with E-state index in [1.165, 1.54) is 12.1 Å². The second-order valence-corrected chi connectivity index (χ2v) is 9.56. The Balaban J connectivity index is 1.30. The van der Waals surface area contributed by atoms with Crippen LogP contribution in [-0.4, -0.2) is 20.9 Å². The molecule has 1 atom stereocenters. The zero-order valence-electron chi connectivity index (χ0n) is 20.2. The van der Waals surface area contributed by atoms with E-state index in [1.807, 2.05) is 30.3 Å². The van der Waals surface area contributed by atoms with Gasteiger partial charge in [0.1, 0.15) is 6.04 Å². The summed E-state index contributed by atoms with van der Waals surface area (Å²) in [5.41, 5.74) is 3.92. The van der Waals surface area contributed by atoms with Crippen molar-refractivity contribution in [2.75, 3.05) is 0 Å². The van der Waals surface area contributed by atoms with Crippen LogP contribution >= 0.6 is 11.6 Å². The standard InChI is InChI=1S/C29H24ClF3N4O/c30-23-11-12-25-24(16-23)26(36-35-25)17-34-28(29(31,32)33)22-5-3-4-21(15-22)14-19-7-9-20(10-8-19)18-37-13-2-1-6-27(37)38/h1-13,15-16,28,34H,14,17-18H2,(H,35,36). The summed E-state index contributed by atoms with van der Waals surface area (Å²) in [4.78, 5) is 11.9. The van der Waals surface area contributed by atoms with E-state index in [2.05, 4.69) is 15.5 Å². The fourth-order valence-corrected chi connectivity index (χ4v) is 4.64. The molecule has 0 aliphatic heterocycles. The van der Waals surface area contributed by atoms with Crippen molar-refractivity contribution >= 4 is 22.5 Å². The minimum atomic E-state index is -4.50. The molecule has 2 aromatic heterocycles. The number of benzene rings is 3. The predicted octanol–water partition coefficient (Wildman–Crippen LogP) is 6.41. The Kier molecular flexibility index (Phi) is 7.35. The molecule has 5 rings (SSSR count). The van der Waals surface area contributed by atoms with E-state index in [0.29, 0.717) is 34.6 Å². The van der Waals surface area contributed by atoms with E-state index in [0.717, 1.165) is 16.7 Å². The Bertz CT molecular complexity index is 1610. The van der Waals surface area contributed by atoms with Crippen LogP contribution in [0, 0.1) is 0 Å². The van der Waals surface area contributed by atoms with Gasteiger partial charge >= 0.3 is 6.18 Å². The zero-order valence-corrected chi connectivity index (χ0v) is 20.9. The first kappa shape index (κ1) is 25.8. The monoisotopic (exact) mass is 536 g/mol. The fraction of sp³-hybridized carbons (Fsp3) is 0.172. The Morgan fingerprint density at radius 2 is 1.71 bits per heavy atom. The second kappa shape index (κ2) is 10.8. The molecule has 2 heterocycles. The normalized spacial score (nSPS) is 12.6. The number of alkyl halides is 3. The first-order chi connectivity index (χ1) is 18.3. The summed E-state index contributed by atoms with van der Waals surface area (Å²) in [6.07, 6.45) is -2.28. The molecule has 0 amide bonds.